The molecule has 210 valence electrons. The highest BCUT2D eigenvalue weighted by atomic mass is 35.5. The molecule has 0 unspecified atom stereocenters. The van der Waals surface area contributed by atoms with Crippen LogP contribution in [0.5, 0.6) is 0 Å². The fourth-order valence-electron chi connectivity index (χ4n) is 3.62. The molecule has 1 fully saturated rings. The second-order valence-corrected chi connectivity index (χ2v) is 10.00. The number of halogens is 1. The summed E-state index contributed by atoms with van der Waals surface area (Å²) in [7, 11) is 5.73. The number of carbonyl (C=O) groups is 4. The van der Waals surface area contributed by atoms with E-state index in [1.807, 2.05) is 27.2 Å². The zero-order valence-electron chi connectivity index (χ0n) is 22.1. The summed E-state index contributed by atoms with van der Waals surface area (Å²) in [6.45, 7) is 1.85. The average molecular weight is 568 g/mol. The molecule has 38 heavy (non-hydrogen) atoms. The molecule has 1 aliphatic heterocycles. The highest BCUT2D eigenvalue weighted by Crippen LogP contribution is 2.24. The van der Waals surface area contributed by atoms with Gasteiger partial charge in [0.15, 0.2) is 4.99 Å². The van der Waals surface area contributed by atoms with Gasteiger partial charge in [-0.3, -0.25) is 19.2 Å². The van der Waals surface area contributed by atoms with Gasteiger partial charge in [-0.15, -0.1) is 0 Å². The fraction of sp³-hybridized carbons (Fsp3) is 0.480. The predicted molar refractivity (Wildman–Crippen MR) is 154 cm³/mol. The van der Waals surface area contributed by atoms with Crippen molar-refractivity contribution in [3.63, 3.8) is 0 Å². The zero-order valence-corrected chi connectivity index (χ0v) is 23.7. The monoisotopic (exact) mass is 567 g/mol. The Morgan fingerprint density at radius 3 is 2.16 bits per heavy atom. The number of rotatable bonds is 3. The molecule has 0 atom stereocenters. The van der Waals surface area contributed by atoms with E-state index in [0.29, 0.717) is 28.2 Å². The van der Waals surface area contributed by atoms with Crippen molar-refractivity contribution in [3.8, 4) is 0 Å². The molecule has 0 aromatic heterocycles. The van der Waals surface area contributed by atoms with Crippen LogP contribution in [0.1, 0.15) is 38.5 Å². The summed E-state index contributed by atoms with van der Waals surface area (Å²) < 4.78 is 0. The number of nitrogen functional groups attached to an aromatic ring is 1. The Bertz CT molecular complexity index is 1040. The number of carbonyl (C=O) groups excluding carboxylic acids is 4. The van der Waals surface area contributed by atoms with Gasteiger partial charge in [0.25, 0.3) is 5.91 Å². The highest BCUT2D eigenvalue weighted by molar-refractivity contribution is 7.82. The van der Waals surface area contributed by atoms with Gasteiger partial charge in [-0.05, 0) is 44.5 Å². The van der Waals surface area contributed by atoms with Crippen LogP contribution in [-0.2, 0) is 19.2 Å². The molecule has 0 radical (unpaired) electrons. The zero-order chi connectivity index (χ0) is 28.8. The smallest absolute Gasteiger partial charge is 0.313 e. The molecule has 8 N–H and O–H groups in total. The predicted octanol–water partition coefficient (Wildman–Crippen LogP) is 1.61. The molecule has 1 aliphatic carbocycles. The SMILES string of the molecule is CN(C)C(=O)C1CCCCC1.CN1CC=C(NC(=S)C(N)=O)CC1.NC(=O)C(=O)Nc1ccc(Cl)c(N)c1. The van der Waals surface area contributed by atoms with E-state index in [-0.39, 0.29) is 4.99 Å². The highest BCUT2D eigenvalue weighted by Gasteiger charge is 2.21. The minimum Gasteiger partial charge on any atom is -0.397 e. The molecule has 1 aromatic rings. The van der Waals surface area contributed by atoms with Crippen molar-refractivity contribution in [3.05, 3.63) is 35.0 Å². The summed E-state index contributed by atoms with van der Waals surface area (Å²) in [4.78, 5) is 47.3. The minimum atomic E-state index is -1.06. The largest absolute Gasteiger partial charge is 0.397 e. The third-order valence-corrected chi connectivity index (χ3v) is 6.43. The van der Waals surface area contributed by atoms with Crippen molar-refractivity contribution < 1.29 is 19.2 Å². The maximum Gasteiger partial charge on any atom is 0.313 e. The molecule has 4 amide bonds. The van der Waals surface area contributed by atoms with Gasteiger partial charge in [0.2, 0.25) is 5.91 Å². The first-order valence-electron chi connectivity index (χ1n) is 12.2. The van der Waals surface area contributed by atoms with Gasteiger partial charge in [0, 0.05) is 44.5 Å². The molecule has 1 heterocycles. The van der Waals surface area contributed by atoms with Crippen molar-refractivity contribution in [1.29, 1.82) is 0 Å². The van der Waals surface area contributed by atoms with E-state index in [1.54, 1.807) is 4.90 Å². The third-order valence-electron chi connectivity index (χ3n) is 5.78. The maximum absolute atomic E-state index is 11.4. The van der Waals surface area contributed by atoms with Crippen LogP contribution in [0.25, 0.3) is 0 Å². The normalized spacial score (nSPS) is 15.3. The average Bonchev–Trinajstić information content (AvgIpc) is 2.88. The summed E-state index contributed by atoms with van der Waals surface area (Å²) in [6, 6.07) is 4.45. The van der Waals surface area contributed by atoms with Gasteiger partial charge >= 0.3 is 11.8 Å². The Balaban J connectivity index is 0.000000287. The number of amides is 4. The molecule has 1 saturated carbocycles. The molecule has 11 nitrogen and oxygen atoms in total. The summed E-state index contributed by atoms with van der Waals surface area (Å²) in [5, 5.41) is 5.46. The van der Waals surface area contributed by atoms with Gasteiger partial charge in [0.05, 0.1) is 10.7 Å². The first-order chi connectivity index (χ1) is 17.8. The number of hydrogen-bond acceptors (Lipinski definition) is 7. The van der Waals surface area contributed by atoms with Gasteiger partial charge in [-0.1, -0.05) is 49.2 Å². The van der Waals surface area contributed by atoms with Crippen LogP contribution < -0.4 is 27.8 Å². The van der Waals surface area contributed by atoms with Crippen LogP contribution >= 0.6 is 23.8 Å². The van der Waals surface area contributed by atoms with Gasteiger partial charge in [-0.2, -0.15) is 0 Å². The first kappa shape index (κ1) is 32.8. The van der Waals surface area contributed by atoms with Crippen molar-refractivity contribution in [1.82, 2.24) is 15.1 Å². The Kier molecular flexibility index (Phi) is 14.3. The number of thiocarbonyl (C=S) groups is 1. The summed E-state index contributed by atoms with van der Waals surface area (Å²) in [5.41, 5.74) is 16.9. The van der Waals surface area contributed by atoms with E-state index in [2.05, 4.69) is 15.5 Å². The Morgan fingerprint density at radius 2 is 1.68 bits per heavy atom. The molecular weight excluding hydrogens is 530 g/mol. The van der Waals surface area contributed by atoms with Gasteiger partial charge in [0.1, 0.15) is 0 Å². The minimum absolute atomic E-state index is 0.0933. The van der Waals surface area contributed by atoms with Crippen LogP contribution in [0.4, 0.5) is 11.4 Å². The molecule has 0 bridgehead atoms. The van der Waals surface area contributed by atoms with Crippen molar-refractivity contribution >= 4 is 63.8 Å². The molecular formula is C25H38ClN7O4S. The Labute approximate surface area is 234 Å². The molecule has 0 saturated heterocycles. The Hall–Kier alpha value is -3.22. The third kappa shape index (κ3) is 12.3. The quantitative estimate of drug-likeness (QED) is 0.208. The number of benzene rings is 1. The van der Waals surface area contributed by atoms with E-state index in [0.717, 1.165) is 38.0 Å². The van der Waals surface area contributed by atoms with Crippen LogP contribution in [0.3, 0.4) is 0 Å². The number of primary amides is 2. The van der Waals surface area contributed by atoms with E-state index >= 15 is 0 Å². The molecule has 2 aliphatic rings. The lowest BCUT2D eigenvalue weighted by Gasteiger charge is -2.23. The van der Waals surface area contributed by atoms with Crippen molar-refractivity contribution in [2.75, 3.05) is 45.3 Å². The summed E-state index contributed by atoms with van der Waals surface area (Å²) in [5.74, 6) is -1.87. The maximum atomic E-state index is 11.4. The number of nitrogens with two attached hydrogens (primary N) is 3. The number of likely N-dealkylation sites (N-methyl/N-ethyl adjacent to an activating group) is 1. The van der Waals surface area contributed by atoms with Crippen LogP contribution in [0.15, 0.2) is 30.0 Å². The lowest BCUT2D eigenvalue weighted by atomic mass is 9.88. The second-order valence-electron chi connectivity index (χ2n) is 9.18. The van der Waals surface area contributed by atoms with Gasteiger partial charge in [-0.25, -0.2) is 0 Å². The number of nitrogens with zero attached hydrogens (tertiary/aromatic N) is 2. The molecule has 1 aromatic carbocycles. The summed E-state index contributed by atoms with van der Waals surface area (Å²) in [6.07, 6.45) is 8.91. The molecule has 0 spiro atoms. The van der Waals surface area contributed by atoms with E-state index in [9.17, 15) is 19.2 Å². The first-order valence-corrected chi connectivity index (χ1v) is 13.0. The van der Waals surface area contributed by atoms with Crippen LogP contribution in [0.2, 0.25) is 5.02 Å². The van der Waals surface area contributed by atoms with Crippen LogP contribution in [0, 0.1) is 5.92 Å². The molecule has 13 heteroatoms. The lowest BCUT2D eigenvalue weighted by molar-refractivity contribution is -0.134. The van der Waals surface area contributed by atoms with E-state index in [1.165, 1.54) is 37.5 Å². The van der Waals surface area contributed by atoms with E-state index in [4.69, 9.17) is 41.0 Å². The second kappa shape index (κ2) is 16.6. The fourth-order valence-corrected chi connectivity index (χ4v) is 3.87. The number of anilines is 2. The van der Waals surface area contributed by atoms with Crippen LogP contribution in [-0.4, -0.2) is 72.6 Å². The Morgan fingerprint density at radius 1 is 1.05 bits per heavy atom. The number of nitrogens with one attached hydrogen (secondary N) is 2. The summed E-state index contributed by atoms with van der Waals surface area (Å²) >= 11 is 10.4. The number of hydrogen-bond donors (Lipinski definition) is 5. The lowest BCUT2D eigenvalue weighted by Crippen LogP contribution is -2.36. The van der Waals surface area contributed by atoms with E-state index < -0.39 is 17.7 Å². The standard InChI is InChI=1S/C9H17NO.C8H8ClN3O2.C8H13N3OS/c1-10(2)9(11)8-6-4-3-5-7-8;9-5-2-1-4(3-6(5)10)12-8(14)7(11)13;1-11-4-2-6(3-5-11)10-8(13)7(9)12/h8H,3-7H2,1-2H3;1-3H,10H2,(H2,11,13)(H,12,14);2H,3-5H2,1H3,(H2,9,12)(H,10,13). The van der Waals surface area contributed by atoms with Crippen molar-refractivity contribution in [2.24, 2.45) is 17.4 Å². The van der Waals surface area contributed by atoms with Crippen molar-refractivity contribution in [2.45, 2.75) is 38.5 Å². The topological polar surface area (TPSA) is 177 Å². The van der Waals surface area contributed by atoms with Gasteiger partial charge < -0.3 is 37.6 Å². The molecule has 3 rings (SSSR count).